The summed E-state index contributed by atoms with van der Waals surface area (Å²) in [7, 11) is 9.67. The Kier molecular flexibility index (Phi) is 26.9. The van der Waals surface area contributed by atoms with Crippen LogP contribution in [0.5, 0.6) is 0 Å². The van der Waals surface area contributed by atoms with Crippen LogP contribution in [0.3, 0.4) is 0 Å². The molecule has 0 aromatic heterocycles. The quantitative estimate of drug-likeness (QED) is 0.142. The van der Waals surface area contributed by atoms with Crippen LogP contribution in [0.4, 0.5) is 0 Å². The van der Waals surface area contributed by atoms with Gasteiger partial charge >= 0.3 is 78.2 Å². The molecule has 0 N–H and O–H groups in total. The van der Waals surface area contributed by atoms with E-state index in [4.69, 9.17) is 26.0 Å². The molecule has 0 bridgehead atoms. The van der Waals surface area contributed by atoms with Gasteiger partial charge in [-0.3, -0.25) is 0 Å². The topological polar surface area (TPSA) is 52.6 Å². The molecular formula is C24H38Cl2Hg2O4. The molecule has 0 heterocycles. The molecule has 176 valence electrons. The van der Waals surface area contributed by atoms with Crippen LogP contribution < -0.4 is 0 Å². The zero-order chi connectivity index (χ0) is 24.8. The number of benzene rings is 1. The Bertz CT molecular complexity index is 552. The average molecular weight is 863 g/mol. The molecule has 1 aromatic rings. The Morgan fingerprint density at radius 3 is 1.38 bits per heavy atom. The maximum absolute atomic E-state index is 12.6. The summed E-state index contributed by atoms with van der Waals surface area (Å²) in [6.45, 7) is 9.34. The molecule has 0 aliphatic carbocycles. The van der Waals surface area contributed by atoms with Gasteiger partial charge in [-0.25, -0.2) is 9.59 Å². The standard InChI is InChI=1S/C24H38O4.2ClH.2Hg/c1-5-9-13-19(7-3)17-27-23(25)21-15-11-12-16-22(21)24(26)28-18-20(8-4)14-10-6-2;;;;/h11-12,15-16,19-20H,5-10,13-14,17-18H2,1-4H3;2*1H;;/q;;;2*+1/p-2. The molecule has 1 aromatic carbocycles. The van der Waals surface area contributed by atoms with Gasteiger partial charge in [-0.05, 0) is 36.8 Å². The average Bonchev–Trinajstić information content (AvgIpc) is 2.86. The summed E-state index contributed by atoms with van der Waals surface area (Å²) in [6.07, 6.45) is 8.61. The van der Waals surface area contributed by atoms with E-state index in [9.17, 15) is 9.59 Å². The summed E-state index contributed by atoms with van der Waals surface area (Å²) in [4.78, 5) is 25.1. The van der Waals surface area contributed by atoms with E-state index in [1.807, 2.05) is 0 Å². The zero-order valence-electron chi connectivity index (χ0n) is 20.3. The number of hydrogen-bond acceptors (Lipinski definition) is 4. The first-order valence-electron chi connectivity index (χ1n) is 11.5. The first kappa shape index (κ1) is 34.8. The van der Waals surface area contributed by atoms with Crippen LogP contribution in [0.1, 0.15) is 99.8 Å². The number of esters is 2. The third-order valence-corrected chi connectivity index (χ3v) is 5.35. The normalized spacial score (nSPS) is 11.8. The van der Waals surface area contributed by atoms with Crippen molar-refractivity contribution in [1.29, 1.82) is 0 Å². The second kappa shape index (κ2) is 24.7. The molecule has 0 saturated carbocycles. The molecule has 2 unspecified atom stereocenters. The van der Waals surface area contributed by atoms with E-state index in [1.54, 1.807) is 24.3 Å². The van der Waals surface area contributed by atoms with Crippen molar-refractivity contribution in [3.63, 3.8) is 0 Å². The van der Waals surface area contributed by atoms with Crippen molar-refractivity contribution in [3.8, 4) is 0 Å². The summed E-state index contributed by atoms with van der Waals surface area (Å²) in [5.74, 6) is -0.153. The van der Waals surface area contributed by atoms with Gasteiger partial charge in [-0.2, -0.15) is 0 Å². The molecule has 0 spiro atoms. The van der Waals surface area contributed by atoms with Crippen molar-refractivity contribution in [3.05, 3.63) is 35.4 Å². The fraction of sp³-hybridized carbons (Fsp3) is 0.667. The Morgan fingerprint density at radius 2 is 1.09 bits per heavy atom. The molecule has 0 aliphatic heterocycles. The number of carbonyl (C=O) groups excluding carboxylic acids is 2. The molecule has 2 atom stereocenters. The number of ether oxygens (including phenoxy) is 2. The van der Waals surface area contributed by atoms with E-state index >= 15 is 0 Å². The molecule has 0 radical (unpaired) electrons. The summed E-state index contributed by atoms with van der Waals surface area (Å²) in [6, 6.07) is 6.77. The Labute approximate surface area is 234 Å². The van der Waals surface area contributed by atoms with Crippen molar-refractivity contribution in [2.45, 2.75) is 79.1 Å². The van der Waals surface area contributed by atoms with Crippen molar-refractivity contribution in [2.24, 2.45) is 11.8 Å². The van der Waals surface area contributed by atoms with Gasteiger partial charge in [0, 0.05) is 0 Å². The van der Waals surface area contributed by atoms with Gasteiger partial charge in [0.15, 0.2) is 0 Å². The summed E-state index contributed by atoms with van der Waals surface area (Å²) in [5, 5.41) is 0. The number of halogens is 2. The Morgan fingerprint density at radius 1 is 0.750 bits per heavy atom. The number of hydrogen-bond donors (Lipinski definition) is 0. The summed E-state index contributed by atoms with van der Waals surface area (Å²) in [5.41, 5.74) is 0.582. The fourth-order valence-electron chi connectivity index (χ4n) is 3.18. The zero-order valence-corrected chi connectivity index (χ0v) is 32.8. The monoisotopic (exact) mass is 864 g/mol. The summed E-state index contributed by atoms with van der Waals surface area (Å²) >= 11 is 1.00. The van der Waals surface area contributed by atoms with Gasteiger partial charge in [-0.15, -0.1) is 0 Å². The van der Waals surface area contributed by atoms with Gasteiger partial charge < -0.3 is 9.47 Å². The van der Waals surface area contributed by atoms with E-state index in [1.165, 1.54) is 0 Å². The second-order valence-electron chi connectivity index (χ2n) is 7.58. The first-order chi connectivity index (χ1) is 15.6. The van der Waals surface area contributed by atoms with Gasteiger partial charge in [0.1, 0.15) is 0 Å². The SMILES string of the molecule is CCCCC(CC)COC(=O)c1ccccc1C(=O)OCC(CC)CCCC.[Cl][Hg].[Cl][Hg]. The molecule has 0 fully saturated rings. The van der Waals surface area contributed by atoms with Gasteiger partial charge in [-0.1, -0.05) is 78.4 Å². The van der Waals surface area contributed by atoms with Crippen molar-refractivity contribution in [1.82, 2.24) is 0 Å². The predicted molar refractivity (Wildman–Crippen MR) is 125 cm³/mol. The van der Waals surface area contributed by atoms with Crippen LogP contribution in [-0.2, 0) is 59.2 Å². The Hall–Kier alpha value is 0.610. The van der Waals surface area contributed by atoms with Gasteiger partial charge in [0.05, 0.1) is 24.3 Å². The molecule has 32 heavy (non-hydrogen) atoms. The minimum atomic E-state index is -0.444. The van der Waals surface area contributed by atoms with Crippen LogP contribution in [0.25, 0.3) is 0 Å². The summed E-state index contributed by atoms with van der Waals surface area (Å²) < 4.78 is 11.0. The molecule has 0 saturated heterocycles. The van der Waals surface area contributed by atoms with Crippen LogP contribution in [-0.4, -0.2) is 25.2 Å². The van der Waals surface area contributed by atoms with Crippen molar-refractivity contribution < 1.29 is 68.8 Å². The van der Waals surface area contributed by atoms with Crippen molar-refractivity contribution >= 4 is 28.4 Å². The molecule has 1 rings (SSSR count). The number of carbonyl (C=O) groups is 2. The van der Waals surface area contributed by atoms with Gasteiger partial charge in [0.2, 0.25) is 0 Å². The van der Waals surface area contributed by atoms with Crippen LogP contribution >= 0.6 is 16.5 Å². The fourth-order valence-corrected chi connectivity index (χ4v) is 3.18. The minimum absolute atomic E-state index is 0.291. The number of unbranched alkanes of at least 4 members (excludes halogenated alkanes) is 2. The third kappa shape index (κ3) is 15.5. The molecule has 0 amide bonds. The van der Waals surface area contributed by atoms with E-state index in [0.29, 0.717) is 86.0 Å². The van der Waals surface area contributed by atoms with E-state index < -0.39 is 11.9 Å². The number of rotatable bonds is 14. The molecule has 0 aliphatic rings. The van der Waals surface area contributed by atoms with E-state index in [2.05, 4.69) is 27.7 Å². The molecular weight excluding hydrogens is 824 g/mol. The molecule has 4 nitrogen and oxygen atoms in total. The van der Waals surface area contributed by atoms with Crippen molar-refractivity contribution in [2.75, 3.05) is 13.2 Å². The van der Waals surface area contributed by atoms with Crippen LogP contribution in [0, 0.1) is 11.8 Å². The molecule has 8 heteroatoms. The predicted octanol–water partition coefficient (Wildman–Crippen LogP) is 7.81. The van der Waals surface area contributed by atoms with E-state index in [-0.39, 0.29) is 0 Å². The first-order valence-corrected chi connectivity index (χ1v) is 25.1. The Balaban J connectivity index is 0. The van der Waals surface area contributed by atoms with Crippen LogP contribution in [0.15, 0.2) is 24.3 Å². The second-order valence-corrected chi connectivity index (χ2v) is 7.58. The maximum atomic E-state index is 12.6. The van der Waals surface area contributed by atoms with E-state index in [0.717, 1.165) is 51.4 Å². The van der Waals surface area contributed by atoms with Crippen LogP contribution in [0.2, 0.25) is 0 Å². The third-order valence-electron chi connectivity index (χ3n) is 5.35. The van der Waals surface area contributed by atoms with Gasteiger partial charge in [0.25, 0.3) is 0 Å².